The summed E-state index contributed by atoms with van der Waals surface area (Å²) in [5, 5.41) is 44.4. The van der Waals surface area contributed by atoms with Crippen LogP contribution in [0.2, 0.25) is 0 Å². The molecule has 7 N–H and O–H groups in total. The Labute approximate surface area is 161 Å². The van der Waals surface area contributed by atoms with Crippen LogP contribution in [0.1, 0.15) is 23.6 Å². The molecule has 0 spiro atoms. The molecule has 0 saturated carbocycles. The van der Waals surface area contributed by atoms with Crippen molar-refractivity contribution >= 4 is 18.0 Å². The van der Waals surface area contributed by atoms with Crippen molar-refractivity contribution in [3.8, 4) is 11.5 Å². The number of carbonyl (C=O) groups is 2. The highest BCUT2D eigenvalue weighted by molar-refractivity contribution is 5.89. The van der Waals surface area contributed by atoms with Gasteiger partial charge in [0.05, 0.1) is 5.76 Å². The molecule has 0 aromatic heterocycles. The molecule has 8 nitrogen and oxygen atoms in total. The van der Waals surface area contributed by atoms with Crippen LogP contribution < -0.4 is 5.73 Å². The summed E-state index contributed by atoms with van der Waals surface area (Å²) in [4.78, 5) is 19.1. The van der Waals surface area contributed by atoms with Gasteiger partial charge in [0.1, 0.15) is 11.5 Å². The third-order valence-electron chi connectivity index (χ3n) is 3.28. The molecule has 2 aromatic rings. The third-order valence-corrected chi connectivity index (χ3v) is 3.28. The van der Waals surface area contributed by atoms with E-state index >= 15 is 0 Å². The number of aromatic hydroxyl groups is 2. The van der Waals surface area contributed by atoms with Crippen LogP contribution in [0.15, 0.2) is 66.4 Å². The maximum Gasteiger partial charge on any atom is 0.328 e. The molecule has 28 heavy (non-hydrogen) atoms. The van der Waals surface area contributed by atoms with Gasteiger partial charge < -0.3 is 31.3 Å². The van der Waals surface area contributed by atoms with Gasteiger partial charge in [-0.15, -0.1) is 0 Å². The van der Waals surface area contributed by atoms with E-state index in [1.807, 2.05) is 30.3 Å². The van der Waals surface area contributed by atoms with Crippen molar-refractivity contribution in [3.63, 3.8) is 0 Å². The summed E-state index contributed by atoms with van der Waals surface area (Å²) in [6.45, 7) is 0. The number of carboxylic acids is 2. The van der Waals surface area contributed by atoms with Crippen molar-refractivity contribution in [1.82, 2.24) is 0 Å². The average Bonchev–Trinajstić information content (AvgIpc) is 2.60. The standard InChI is InChI=1S/C16H17NO3.C4H4O4/c17-16(12-7-14(19)9-15(20)8-12)10-13(18)6-11-4-2-1-3-5-11;5-3(6)1-2-4(7)8/h1-9,16,18-20H,10,17H2;1-2H,(H,5,6)(H,7,8)/b;2-1+. The largest absolute Gasteiger partial charge is 0.512 e. The highest BCUT2D eigenvalue weighted by Gasteiger charge is 2.10. The monoisotopic (exact) mass is 387 g/mol. The molecule has 0 bridgehead atoms. The van der Waals surface area contributed by atoms with Crippen LogP contribution in [0.25, 0.3) is 6.08 Å². The number of rotatable bonds is 6. The Balaban J connectivity index is 0.000000416. The molecule has 2 aromatic carbocycles. The molecule has 1 unspecified atom stereocenters. The van der Waals surface area contributed by atoms with E-state index in [9.17, 15) is 24.9 Å². The lowest BCUT2D eigenvalue weighted by Crippen LogP contribution is -2.11. The average molecular weight is 387 g/mol. The minimum atomic E-state index is -1.26. The number of aliphatic hydroxyl groups is 1. The van der Waals surface area contributed by atoms with E-state index in [2.05, 4.69) is 0 Å². The number of hydrogen-bond acceptors (Lipinski definition) is 6. The van der Waals surface area contributed by atoms with E-state index in [1.54, 1.807) is 6.08 Å². The second-order valence-corrected chi connectivity index (χ2v) is 5.65. The van der Waals surface area contributed by atoms with Crippen LogP contribution in [-0.2, 0) is 9.59 Å². The fraction of sp³-hybridized carbons (Fsp3) is 0.100. The molecular formula is C20H21NO7. The van der Waals surface area contributed by atoms with Crippen LogP contribution in [-0.4, -0.2) is 37.5 Å². The second-order valence-electron chi connectivity index (χ2n) is 5.65. The van der Waals surface area contributed by atoms with Crippen molar-refractivity contribution in [2.45, 2.75) is 12.5 Å². The number of carboxylic acid groups (broad SMARTS) is 2. The summed E-state index contributed by atoms with van der Waals surface area (Å²) >= 11 is 0. The Morgan fingerprint density at radius 1 is 0.893 bits per heavy atom. The number of phenolic OH excluding ortho intramolecular Hbond substituents is 2. The lowest BCUT2D eigenvalue weighted by molar-refractivity contribution is -0.134. The lowest BCUT2D eigenvalue weighted by Gasteiger charge is -2.12. The Kier molecular flexibility index (Phi) is 8.78. The number of aliphatic hydroxyl groups excluding tert-OH is 1. The molecule has 0 saturated heterocycles. The maximum atomic E-state index is 9.93. The molecule has 0 aliphatic carbocycles. The molecule has 1 atom stereocenters. The fourth-order valence-corrected chi connectivity index (χ4v) is 2.12. The number of benzene rings is 2. The van der Waals surface area contributed by atoms with Crippen LogP contribution in [0, 0.1) is 0 Å². The van der Waals surface area contributed by atoms with Crippen molar-refractivity contribution in [3.05, 3.63) is 77.6 Å². The van der Waals surface area contributed by atoms with E-state index < -0.39 is 18.0 Å². The van der Waals surface area contributed by atoms with Gasteiger partial charge in [-0.3, -0.25) is 0 Å². The highest BCUT2D eigenvalue weighted by Crippen LogP contribution is 2.26. The molecule has 0 aliphatic heterocycles. The number of hydrogen-bond donors (Lipinski definition) is 6. The predicted octanol–water partition coefficient (Wildman–Crippen LogP) is 2.80. The first-order valence-electron chi connectivity index (χ1n) is 8.04. The van der Waals surface area contributed by atoms with Crippen molar-refractivity contribution < 1.29 is 35.1 Å². The van der Waals surface area contributed by atoms with Crippen molar-refractivity contribution in [1.29, 1.82) is 0 Å². The third kappa shape index (κ3) is 9.07. The van der Waals surface area contributed by atoms with Gasteiger partial charge in [-0.05, 0) is 29.3 Å². The van der Waals surface area contributed by atoms with Gasteiger partial charge in [0, 0.05) is 30.7 Å². The van der Waals surface area contributed by atoms with Gasteiger partial charge in [0.15, 0.2) is 0 Å². The van der Waals surface area contributed by atoms with E-state index in [4.69, 9.17) is 15.9 Å². The molecule has 2 rings (SSSR count). The lowest BCUT2D eigenvalue weighted by atomic mass is 10.0. The molecule has 0 amide bonds. The smallest absolute Gasteiger partial charge is 0.328 e. The molecule has 0 heterocycles. The summed E-state index contributed by atoms with van der Waals surface area (Å²) in [5.74, 6) is -2.48. The SMILES string of the molecule is NC(CC(O)=Cc1ccccc1)c1cc(O)cc(O)c1.O=C(O)/C=C/C(=O)O. The first kappa shape index (κ1) is 22.3. The molecule has 0 radical (unpaired) electrons. The summed E-state index contributed by atoms with van der Waals surface area (Å²) in [6, 6.07) is 13.1. The first-order valence-corrected chi connectivity index (χ1v) is 8.04. The van der Waals surface area contributed by atoms with Crippen LogP contribution in [0.5, 0.6) is 11.5 Å². The molecule has 148 valence electrons. The van der Waals surface area contributed by atoms with E-state index in [0.717, 1.165) is 5.56 Å². The summed E-state index contributed by atoms with van der Waals surface area (Å²) < 4.78 is 0. The minimum absolute atomic E-state index is 0.0537. The summed E-state index contributed by atoms with van der Waals surface area (Å²) in [5.41, 5.74) is 7.41. The number of phenols is 2. The zero-order valence-electron chi connectivity index (χ0n) is 14.8. The summed E-state index contributed by atoms with van der Waals surface area (Å²) in [7, 11) is 0. The molecule has 0 aliphatic rings. The topological polar surface area (TPSA) is 161 Å². The van der Waals surface area contributed by atoms with Crippen molar-refractivity contribution in [2.24, 2.45) is 5.73 Å². The van der Waals surface area contributed by atoms with Gasteiger partial charge in [-0.2, -0.15) is 0 Å². The van der Waals surface area contributed by atoms with Gasteiger partial charge in [-0.25, -0.2) is 9.59 Å². The number of nitrogens with two attached hydrogens (primary N) is 1. The highest BCUT2D eigenvalue weighted by atomic mass is 16.4. The quantitative estimate of drug-likeness (QED) is 0.326. The molecular weight excluding hydrogens is 366 g/mol. The summed E-state index contributed by atoms with van der Waals surface area (Å²) in [6.07, 6.45) is 2.98. The number of aliphatic carboxylic acids is 2. The van der Waals surface area contributed by atoms with Gasteiger partial charge in [-0.1, -0.05) is 30.3 Å². The van der Waals surface area contributed by atoms with Crippen molar-refractivity contribution in [2.75, 3.05) is 0 Å². The minimum Gasteiger partial charge on any atom is -0.512 e. The van der Waals surface area contributed by atoms with E-state index in [1.165, 1.54) is 18.2 Å². The Bertz CT molecular complexity index is 824. The van der Waals surface area contributed by atoms with Crippen LogP contribution in [0.4, 0.5) is 0 Å². The zero-order valence-corrected chi connectivity index (χ0v) is 14.8. The normalized spacial score (nSPS) is 12.1. The van der Waals surface area contributed by atoms with E-state index in [0.29, 0.717) is 17.7 Å². The molecule has 8 heteroatoms. The zero-order chi connectivity index (χ0) is 21.1. The van der Waals surface area contributed by atoms with E-state index in [-0.39, 0.29) is 23.7 Å². The Morgan fingerprint density at radius 2 is 1.39 bits per heavy atom. The molecule has 0 fully saturated rings. The Hall–Kier alpha value is -3.78. The van der Waals surface area contributed by atoms with Gasteiger partial charge >= 0.3 is 11.9 Å². The fourth-order valence-electron chi connectivity index (χ4n) is 2.12. The van der Waals surface area contributed by atoms with Crippen LogP contribution >= 0.6 is 0 Å². The van der Waals surface area contributed by atoms with Gasteiger partial charge in [0.25, 0.3) is 0 Å². The predicted molar refractivity (Wildman–Crippen MR) is 103 cm³/mol. The Morgan fingerprint density at radius 3 is 1.86 bits per heavy atom. The second kappa shape index (κ2) is 11.0. The van der Waals surface area contributed by atoms with Gasteiger partial charge in [0.2, 0.25) is 0 Å². The van der Waals surface area contributed by atoms with Crippen LogP contribution in [0.3, 0.4) is 0 Å². The first-order chi connectivity index (χ1) is 13.2. The maximum absolute atomic E-state index is 9.93.